The molecule has 0 amide bonds. The average molecular weight is 602 g/mol. The highest BCUT2D eigenvalue weighted by Gasteiger charge is 2.20. The van der Waals surface area contributed by atoms with Crippen LogP contribution in [0.25, 0.3) is 11.1 Å². The fraction of sp³-hybridized carbons (Fsp3) is 0.346. The fourth-order valence-corrected chi connectivity index (χ4v) is 5.10. The predicted molar refractivity (Wildman–Crippen MR) is 152 cm³/mol. The molecule has 1 saturated heterocycles. The normalized spacial score (nSPS) is 15.3. The van der Waals surface area contributed by atoms with Gasteiger partial charge in [0.1, 0.15) is 11.9 Å². The summed E-state index contributed by atoms with van der Waals surface area (Å²) in [6.07, 6.45) is 2.13. The van der Waals surface area contributed by atoms with E-state index in [4.69, 9.17) is 49.1 Å². The number of nitrogens with two attached hydrogens (primary N) is 2. The zero-order chi connectivity index (χ0) is 28.7. The predicted octanol–water partition coefficient (Wildman–Crippen LogP) is 4.83. The molecule has 3 aromatic rings. The number of anilines is 2. The van der Waals surface area contributed by atoms with Gasteiger partial charge < -0.3 is 26.2 Å². The van der Waals surface area contributed by atoms with Gasteiger partial charge in [0.2, 0.25) is 0 Å². The van der Waals surface area contributed by atoms with E-state index >= 15 is 0 Å². The molecule has 1 fully saturated rings. The molecular weight excluding hydrogens is 570 g/mol. The standard InChI is InChI=1S/C19H16Cl2FN3O.C7H15NO4S/c1-10(17-14(20)6-7-15(22)18(17)21)26-16-8-12(9-25-19(16)24)11-2-4-13(23)5-3-11;9-7-1-3-8(4-2-7)5-6-13(10,11)12/h2-10H,23H2,1H3,(H2,24,25);7,9H,1-6H2,(H,10,11,12). The quantitative estimate of drug-likeness (QED) is 0.170. The summed E-state index contributed by atoms with van der Waals surface area (Å²) in [5, 5.41) is 9.39. The Morgan fingerprint density at radius 1 is 1.13 bits per heavy atom. The highest BCUT2D eigenvalue weighted by atomic mass is 35.5. The minimum absolute atomic E-state index is 0.0776. The molecule has 6 N–H and O–H groups in total. The highest BCUT2D eigenvalue weighted by Crippen LogP contribution is 2.37. The molecule has 39 heavy (non-hydrogen) atoms. The van der Waals surface area contributed by atoms with Crippen LogP contribution in [0.15, 0.2) is 48.7 Å². The maximum absolute atomic E-state index is 13.8. The van der Waals surface area contributed by atoms with E-state index in [9.17, 15) is 12.8 Å². The SMILES string of the molecule is CC(Oc1cc(-c2ccc(N)cc2)cnc1N)c1c(Cl)ccc(F)c1Cl.O=S(=O)(O)CCN1CCC(O)CC1. The van der Waals surface area contributed by atoms with E-state index in [1.165, 1.54) is 12.1 Å². The lowest BCUT2D eigenvalue weighted by Gasteiger charge is -2.28. The molecule has 9 nitrogen and oxygen atoms in total. The third-order valence-electron chi connectivity index (χ3n) is 6.14. The van der Waals surface area contributed by atoms with Gasteiger partial charge in [0.25, 0.3) is 10.1 Å². The first-order valence-corrected chi connectivity index (χ1v) is 14.5. The first-order chi connectivity index (χ1) is 18.3. The summed E-state index contributed by atoms with van der Waals surface area (Å²) in [4.78, 5) is 6.10. The number of hydrogen-bond donors (Lipinski definition) is 4. The molecule has 1 aliphatic heterocycles. The molecule has 0 spiro atoms. The number of nitrogens with zero attached hydrogens (tertiary/aromatic N) is 2. The number of benzene rings is 2. The zero-order valence-electron chi connectivity index (χ0n) is 21.2. The van der Waals surface area contributed by atoms with Crippen molar-refractivity contribution >= 4 is 44.8 Å². The number of ether oxygens (including phenoxy) is 1. The number of halogens is 3. The Bertz CT molecular complexity index is 1370. The van der Waals surface area contributed by atoms with Crippen LogP contribution >= 0.6 is 23.2 Å². The fourth-order valence-electron chi connectivity index (χ4n) is 3.94. The Morgan fingerprint density at radius 3 is 2.38 bits per heavy atom. The summed E-state index contributed by atoms with van der Waals surface area (Å²) in [7, 11) is -3.84. The van der Waals surface area contributed by atoms with Crippen LogP contribution in [0.4, 0.5) is 15.9 Å². The molecule has 0 aliphatic carbocycles. The minimum Gasteiger partial charge on any atom is -0.482 e. The van der Waals surface area contributed by atoms with Crippen LogP contribution in [0.2, 0.25) is 10.0 Å². The van der Waals surface area contributed by atoms with Crippen LogP contribution in [0.5, 0.6) is 5.75 Å². The maximum atomic E-state index is 13.8. The molecule has 1 aromatic heterocycles. The lowest BCUT2D eigenvalue weighted by atomic mass is 10.1. The van der Waals surface area contributed by atoms with Crippen LogP contribution in [0.1, 0.15) is 31.4 Å². The van der Waals surface area contributed by atoms with Crippen molar-refractivity contribution in [3.05, 3.63) is 70.1 Å². The Hall–Kier alpha value is -2.67. The second-order valence-electron chi connectivity index (χ2n) is 9.11. The number of likely N-dealkylation sites (tertiary alicyclic amines) is 1. The summed E-state index contributed by atoms with van der Waals surface area (Å²) in [6.45, 7) is 3.47. The van der Waals surface area contributed by atoms with E-state index in [0.717, 1.165) is 11.1 Å². The van der Waals surface area contributed by atoms with Gasteiger partial charge in [0, 0.05) is 47.7 Å². The van der Waals surface area contributed by atoms with Crippen molar-refractivity contribution in [1.82, 2.24) is 9.88 Å². The lowest BCUT2D eigenvalue weighted by Crippen LogP contribution is -2.38. The average Bonchev–Trinajstić information content (AvgIpc) is 2.88. The van der Waals surface area contributed by atoms with Gasteiger partial charge in [-0.3, -0.25) is 4.55 Å². The van der Waals surface area contributed by atoms with Gasteiger partial charge in [0.05, 0.1) is 16.9 Å². The van der Waals surface area contributed by atoms with Gasteiger partial charge in [-0.2, -0.15) is 8.42 Å². The maximum Gasteiger partial charge on any atom is 0.266 e. The van der Waals surface area contributed by atoms with Crippen LogP contribution < -0.4 is 16.2 Å². The Labute approximate surface area is 237 Å². The van der Waals surface area contributed by atoms with Crippen molar-refractivity contribution in [3.63, 3.8) is 0 Å². The molecule has 13 heteroatoms. The molecule has 0 bridgehead atoms. The van der Waals surface area contributed by atoms with Gasteiger partial charge in [-0.05, 0) is 55.7 Å². The summed E-state index contributed by atoms with van der Waals surface area (Å²) >= 11 is 12.2. The van der Waals surface area contributed by atoms with E-state index < -0.39 is 22.0 Å². The molecule has 1 atom stereocenters. The summed E-state index contributed by atoms with van der Waals surface area (Å²) in [5.41, 5.74) is 14.4. The van der Waals surface area contributed by atoms with Crippen molar-refractivity contribution in [3.8, 4) is 16.9 Å². The summed E-state index contributed by atoms with van der Waals surface area (Å²) < 4.78 is 49.0. The number of aliphatic hydroxyl groups excluding tert-OH is 1. The molecular formula is C26H31Cl2FN4O5S. The molecule has 4 rings (SSSR count). The zero-order valence-corrected chi connectivity index (χ0v) is 23.6. The second-order valence-corrected chi connectivity index (χ2v) is 11.5. The molecule has 1 aliphatic rings. The van der Waals surface area contributed by atoms with Gasteiger partial charge in [-0.15, -0.1) is 0 Å². The topological polar surface area (TPSA) is 152 Å². The van der Waals surface area contributed by atoms with Gasteiger partial charge >= 0.3 is 0 Å². The van der Waals surface area contributed by atoms with E-state index in [1.54, 1.807) is 31.3 Å². The summed E-state index contributed by atoms with van der Waals surface area (Å²) in [5.74, 6) is -0.227. The lowest BCUT2D eigenvalue weighted by molar-refractivity contribution is 0.0854. The van der Waals surface area contributed by atoms with Crippen molar-refractivity contribution in [2.45, 2.75) is 32.0 Å². The number of pyridine rings is 1. The van der Waals surface area contributed by atoms with Crippen molar-refractivity contribution in [1.29, 1.82) is 0 Å². The number of piperidine rings is 1. The van der Waals surface area contributed by atoms with E-state index in [0.29, 0.717) is 54.5 Å². The van der Waals surface area contributed by atoms with Crippen LogP contribution in [0.3, 0.4) is 0 Å². The van der Waals surface area contributed by atoms with E-state index in [-0.39, 0.29) is 22.7 Å². The molecule has 2 aromatic carbocycles. The van der Waals surface area contributed by atoms with Crippen LogP contribution in [-0.4, -0.2) is 59.5 Å². The van der Waals surface area contributed by atoms with Crippen LogP contribution in [0, 0.1) is 5.82 Å². The monoisotopic (exact) mass is 600 g/mol. The molecule has 0 radical (unpaired) electrons. The largest absolute Gasteiger partial charge is 0.482 e. The Morgan fingerprint density at radius 2 is 1.77 bits per heavy atom. The first-order valence-electron chi connectivity index (χ1n) is 12.1. The number of aliphatic hydroxyl groups is 1. The van der Waals surface area contributed by atoms with Crippen molar-refractivity contribution in [2.24, 2.45) is 0 Å². The highest BCUT2D eigenvalue weighted by molar-refractivity contribution is 7.85. The molecule has 212 valence electrons. The minimum atomic E-state index is -3.84. The molecule has 2 heterocycles. The number of hydrogen-bond acceptors (Lipinski definition) is 8. The van der Waals surface area contributed by atoms with Gasteiger partial charge in [-0.1, -0.05) is 35.3 Å². The molecule has 1 unspecified atom stereocenters. The number of nitrogen functional groups attached to an aromatic ring is 2. The van der Waals surface area contributed by atoms with E-state index in [1.807, 2.05) is 17.0 Å². The van der Waals surface area contributed by atoms with Crippen molar-refractivity contribution < 1.29 is 27.2 Å². The molecule has 0 saturated carbocycles. The van der Waals surface area contributed by atoms with Crippen molar-refractivity contribution in [2.75, 3.05) is 36.9 Å². The third-order valence-corrected chi connectivity index (χ3v) is 7.55. The van der Waals surface area contributed by atoms with E-state index in [2.05, 4.69) is 4.98 Å². The second kappa shape index (κ2) is 13.6. The van der Waals surface area contributed by atoms with Gasteiger partial charge in [-0.25, -0.2) is 9.37 Å². The van der Waals surface area contributed by atoms with Gasteiger partial charge in [0.15, 0.2) is 11.6 Å². The number of aromatic nitrogens is 1. The number of rotatable bonds is 7. The Balaban J connectivity index is 0.000000272. The van der Waals surface area contributed by atoms with Crippen LogP contribution in [-0.2, 0) is 10.1 Å². The smallest absolute Gasteiger partial charge is 0.266 e. The summed E-state index contributed by atoms with van der Waals surface area (Å²) in [6, 6.07) is 11.7. The Kier molecular flexibility index (Phi) is 10.8. The first kappa shape index (κ1) is 30.9. The third kappa shape index (κ3) is 9.20.